The number of rotatable bonds is 8. The normalized spacial score (nSPS) is 13.1. The van der Waals surface area contributed by atoms with Crippen molar-refractivity contribution in [3.05, 3.63) is 65.7 Å². The summed E-state index contributed by atoms with van der Waals surface area (Å²) in [6.07, 6.45) is 0.968. The maximum absolute atomic E-state index is 12.5. The molecule has 2 atom stereocenters. The van der Waals surface area contributed by atoms with Crippen LogP contribution >= 0.6 is 11.8 Å². The molecular formula is C22H25N3O2S. The molecule has 0 radical (unpaired) electrons. The molecule has 0 bridgehead atoms. The molecule has 2 aromatic carbocycles. The fourth-order valence-corrected chi connectivity index (χ4v) is 3.57. The summed E-state index contributed by atoms with van der Waals surface area (Å²) < 4.78 is 5.71. The van der Waals surface area contributed by atoms with Crippen molar-refractivity contribution in [3.63, 3.8) is 0 Å². The van der Waals surface area contributed by atoms with E-state index in [2.05, 4.69) is 34.6 Å². The second-order valence-electron chi connectivity index (χ2n) is 6.76. The van der Waals surface area contributed by atoms with Gasteiger partial charge in [-0.05, 0) is 38.0 Å². The van der Waals surface area contributed by atoms with Gasteiger partial charge in [-0.25, -0.2) is 0 Å². The number of hydrogen-bond acceptors (Lipinski definition) is 5. The van der Waals surface area contributed by atoms with Gasteiger partial charge in [0.2, 0.25) is 11.8 Å². The highest BCUT2D eigenvalue weighted by Crippen LogP contribution is 2.26. The van der Waals surface area contributed by atoms with E-state index in [4.69, 9.17) is 4.42 Å². The molecule has 0 saturated heterocycles. The first-order valence-corrected chi connectivity index (χ1v) is 10.3. The summed E-state index contributed by atoms with van der Waals surface area (Å²) in [6.45, 7) is 6.62. The van der Waals surface area contributed by atoms with Gasteiger partial charge in [-0.15, -0.1) is 10.2 Å². The van der Waals surface area contributed by atoms with Gasteiger partial charge in [-0.3, -0.25) is 4.79 Å². The molecule has 0 aliphatic rings. The van der Waals surface area contributed by atoms with Crippen molar-refractivity contribution in [3.8, 4) is 11.5 Å². The molecule has 146 valence electrons. The van der Waals surface area contributed by atoms with Gasteiger partial charge in [0.15, 0.2) is 0 Å². The first-order valence-electron chi connectivity index (χ1n) is 9.46. The highest BCUT2D eigenvalue weighted by atomic mass is 32.2. The van der Waals surface area contributed by atoms with Gasteiger partial charge in [0.1, 0.15) is 0 Å². The van der Waals surface area contributed by atoms with Gasteiger partial charge in [-0.2, -0.15) is 0 Å². The third-order valence-corrected chi connectivity index (χ3v) is 5.57. The van der Waals surface area contributed by atoms with Crippen LogP contribution in [-0.2, 0) is 4.79 Å². The summed E-state index contributed by atoms with van der Waals surface area (Å²) >= 11 is 1.27. The Morgan fingerprint density at radius 1 is 1.11 bits per heavy atom. The summed E-state index contributed by atoms with van der Waals surface area (Å²) in [5.41, 5.74) is 3.28. The molecule has 6 heteroatoms. The van der Waals surface area contributed by atoms with Crippen molar-refractivity contribution < 1.29 is 9.21 Å². The number of carbonyl (C=O) groups excluding carboxylic acids is 1. The lowest BCUT2D eigenvalue weighted by atomic mass is 9.96. The Kier molecular flexibility index (Phi) is 6.87. The van der Waals surface area contributed by atoms with Crippen molar-refractivity contribution in [1.82, 2.24) is 15.5 Å². The SMILES string of the molecule is CC[C@H](CNC(=O)[C@@H](C)Sc1nnc(-c2ccc(C)cc2)o1)c1ccccc1. The molecule has 3 rings (SSSR count). The lowest BCUT2D eigenvalue weighted by Crippen LogP contribution is -2.34. The first-order chi connectivity index (χ1) is 13.6. The van der Waals surface area contributed by atoms with E-state index in [9.17, 15) is 4.79 Å². The number of nitrogens with one attached hydrogen (secondary N) is 1. The van der Waals surface area contributed by atoms with Crippen molar-refractivity contribution in [2.75, 3.05) is 6.54 Å². The van der Waals surface area contributed by atoms with Gasteiger partial charge in [0.05, 0.1) is 5.25 Å². The second-order valence-corrected chi connectivity index (χ2v) is 8.05. The molecule has 1 amide bonds. The molecule has 1 heterocycles. The first kappa shape index (κ1) is 20.1. The molecule has 0 spiro atoms. The molecular weight excluding hydrogens is 370 g/mol. The number of thioether (sulfide) groups is 1. The fourth-order valence-electron chi connectivity index (χ4n) is 2.87. The predicted molar refractivity (Wildman–Crippen MR) is 112 cm³/mol. The highest BCUT2D eigenvalue weighted by molar-refractivity contribution is 8.00. The zero-order chi connectivity index (χ0) is 19.9. The Hall–Kier alpha value is -2.60. The number of amides is 1. The van der Waals surface area contributed by atoms with Crippen LogP contribution in [-0.4, -0.2) is 27.9 Å². The smallest absolute Gasteiger partial charge is 0.277 e. The monoisotopic (exact) mass is 395 g/mol. The van der Waals surface area contributed by atoms with Crippen LogP contribution in [0.1, 0.15) is 37.3 Å². The van der Waals surface area contributed by atoms with Crippen LogP contribution in [0.4, 0.5) is 0 Å². The quantitative estimate of drug-likeness (QED) is 0.553. The van der Waals surface area contributed by atoms with Crippen LogP contribution in [0.3, 0.4) is 0 Å². The maximum Gasteiger partial charge on any atom is 0.277 e. The van der Waals surface area contributed by atoms with E-state index in [1.54, 1.807) is 0 Å². The molecule has 28 heavy (non-hydrogen) atoms. The number of benzene rings is 2. The van der Waals surface area contributed by atoms with Gasteiger partial charge in [0, 0.05) is 18.0 Å². The molecule has 0 aliphatic carbocycles. The molecule has 0 fully saturated rings. The third kappa shape index (κ3) is 5.23. The summed E-state index contributed by atoms with van der Waals surface area (Å²) in [6, 6.07) is 18.2. The van der Waals surface area contributed by atoms with Crippen LogP contribution in [0.5, 0.6) is 0 Å². The van der Waals surface area contributed by atoms with Crippen LogP contribution in [0.25, 0.3) is 11.5 Å². The molecule has 0 aliphatic heterocycles. The molecule has 1 N–H and O–H groups in total. The Labute approximate surface area is 170 Å². The third-order valence-electron chi connectivity index (χ3n) is 4.64. The molecule has 3 aromatic rings. The Bertz CT molecular complexity index is 894. The molecule has 0 unspecified atom stereocenters. The predicted octanol–water partition coefficient (Wildman–Crippen LogP) is 4.84. The molecule has 5 nitrogen and oxygen atoms in total. The maximum atomic E-state index is 12.5. The molecule has 1 aromatic heterocycles. The van der Waals surface area contributed by atoms with E-state index >= 15 is 0 Å². The zero-order valence-corrected chi connectivity index (χ0v) is 17.2. The standard InChI is InChI=1S/C22H25N3O2S/c1-4-17(18-8-6-5-7-9-18)14-23-20(26)16(3)28-22-25-24-21(27-22)19-12-10-15(2)11-13-19/h5-13,16-17H,4,14H2,1-3H3,(H,23,26)/t16-,17-/m1/s1. The van der Waals surface area contributed by atoms with E-state index in [0.29, 0.717) is 23.6 Å². The van der Waals surface area contributed by atoms with E-state index in [1.807, 2.05) is 56.3 Å². The van der Waals surface area contributed by atoms with E-state index in [1.165, 1.54) is 22.9 Å². The van der Waals surface area contributed by atoms with Crippen LogP contribution in [0, 0.1) is 6.92 Å². The fraction of sp³-hybridized carbons (Fsp3) is 0.318. The minimum absolute atomic E-state index is 0.0329. The van der Waals surface area contributed by atoms with Crippen LogP contribution in [0.15, 0.2) is 64.2 Å². The molecule has 0 saturated carbocycles. The van der Waals surface area contributed by atoms with Gasteiger partial charge in [0.25, 0.3) is 5.22 Å². The van der Waals surface area contributed by atoms with Crippen molar-refractivity contribution in [2.45, 2.75) is 43.6 Å². The zero-order valence-electron chi connectivity index (χ0n) is 16.4. The van der Waals surface area contributed by atoms with Gasteiger partial charge < -0.3 is 9.73 Å². The van der Waals surface area contributed by atoms with Gasteiger partial charge >= 0.3 is 0 Å². The Balaban J connectivity index is 1.55. The average molecular weight is 396 g/mol. The topological polar surface area (TPSA) is 68.0 Å². The van der Waals surface area contributed by atoms with Crippen LogP contribution in [0.2, 0.25) is 0 Å². The van der Waals surface area contributed by atoms with Gasteiger partial charge in [-0.1, -0.05) is 66.7 Å². The van der Waals surface area contributed by atoms with Crippen LogP contribution < -0.4 is 5.32 Å². The average Bonchev–Trinajstić information content (AvgIpc) is 3.18. The minimum Gasteiger partial charge on any atom is -0.411 e. The number of aromatic nitrogens is 2. The number of hydrogen-bond donors (Lipinski definition) is 1. The Morgan fingerprint density at radius 2 is 1.82 bits per heavy atom. The van der Waals surface area contributed by atoms with E-state index < -0.39 is 0 Å². The summed E-state index contributed by atoms with van der Waals surface area (Å²) in [7, 11) is 0. The summed E-state index contributed by atoms with van der Waals surface area (Å²) in [5, 5.41) is 11.3. The highest BCUT2D eigenvalue weighted by Gasteiger charge is 2.20. The second kappa shape index (κ2) is 9.55. The minimum atomic E-state index is -0.320. The van der Waals surface area contributed by atoms with Crippen molar-refractivity contribution in [2.24, 2.45) is 0 Å². The number of nitrogens with zero attached hydrogens (tertiary/aromatic N) is 2. The van der Waals surface area contributed by atoms with Crippen molar-refractivity contribution in [1.29, 1.82) is 0 Å². The largest absolute Gasteiger partial charge is 0.411 e. The Morgan fingerprint density at radius 3 is 2.50 bits per heavy atom. The van der Waals surface area contributed by atoms with E-state index in [-0.39, 0.29) is 11.2 Å². The summed E-state index contributed by atoms with van der Waals surface area (Å²) in [4.78, 5) is 12.5. The van der Waals surface area contributed by atoms with E-state index in [0.717, 1.165) is 12.0 Å². The number of carbonyl (C=O) groups is 1. The van der Waals surface area contributed by atoms with Crippen molar-refractivity contribution >= 4 is 17.7 Å². The summed E-state index contributed by atoms with van der Waals surface area (Å²) in [5.74, 6) is 0.735. The number of aryl methyl sites for hydroxylation is 1. The lowest BCUT2D eigenvalue weighted by molar-refractivity contribution is -0.120. The lowest BCUT2D eigenvalue weighted by Gasteiger charge is -2.17.